The summed E-state index contributed by atoms with van der Waals surface area (Å²) in [6, 6.07) is 2.05. The van der Waals surface area contributed by atoms with Crippen molar-refractivity contribution in [1.29, 1.82) is 0 Å². The van der Waals surface area contributed by atoms with Crippen molar-refractivity contribution in [2.24, 2.45) is 0 Å². The number of nitrogens with zero attached hydrogens (tertiary/aromatic N) is 1. The number of hydrogen-bond donors (Lipinski definition) is 0. The van der Waals surface area contributed by atoms with E-state index in [1.54, 1.807) is 0 Å². The second-order valence-electron chi connectivity index (χ2n) is 4.40. The molecule has 0 saturated heterocycles. The smallest absolute Gasteiger partial charge is 0.129 e. The van der Waals surface area contributed by atoms with E-state index in [1.807, 2.05) is 6.20 Å². The van der Waals surface area contributed by atoms with E-state index < -0.39 is 0 Å². The van der Waals surface area contributed by atoms with Crippen molar-refractivity contribution in [2.45, 2.75) is 51.4 Å². The average Bonchev–Trinajstić information content (AvgIpc) is 2.25. The van der Waals surface area contributed by atoms with Crippen LogP contribution in [-0.4, -0.2) is 4.98 Å². The molecule has 2 heteroatoms. The second kappa shape index (κ2) is 5.50. The summed E-state index contributed by atoms with van der Waals surface area (Å²) in [5.74, 6) is 0. The lowest BCUT2D eigenvalue weighted by atomic mass is 9.96. The first kappa shape index (κ1) is 10.9. The van der Waals surface area contributed by atoms with Crippen LogP contribution in [0.5, 0.6) is 0 Å². The van der Waals surface area contributed by atoms with Gasteiger partial charge in [-0.1, -0.05) is 37.3 Å². The topological polar surface area (TPSA) is 12.9 Å². The highest BCUT2D eigenvalue weighted by Gasteiger charge is 2.06. The van der Waals surface area contributed by atoms with Gasteiger partial charge in [0.2, 0.25) is 0 Å². The molecule has 0 atom stereocenters. The van der Waals surface area contributed by atoms with Gasteiger partial charge in [0.25, 0.3) is 0 Å². The number of hydrogen-bond acceptors (Lipinski definition) is 1. The Morgan fingerprint density at radius 2 is 1.47 bits per heavy atom. The van der Waals surface area contributed by atoms with Gasteiger partial charge in [-0.05, 0) is 42.9 Å². The lowest BCUT2D eigenvalue weighted by Crippen LogP contribution is -1.99. The molecule has 0 saturated carbocycles. The Morgan fingerprint density at radius 1 is 0.867 bits per heavy atom. The number of halogens is 1. The summed E-state index contributed by atoms with van der Waals surface area (Å²) < 4.78 is 0. The molecule has 0 radical (unpaired) electrons. The van der Waals surface area contributed by atoms with Crippen LogP contribution in [0.25, 0.3) is 0 Å². The lowest BCUT2D eigenvalue weighted by molar-refractivity contribution is 0.580. The monoisotopic (exact) mass is 223 g/mol. The Bertz CT molecular complexity index is 322. The zero-order valence-electron chi connectivity index (χ0n) is 9.14. The van der Waals surface area contributed by atoms with E-state index in [2.05, 4.69) is 11.1 Å². The first-order valence-electron chi connectivity index (χ1n) is 5.99. The van der Waals surface area contributed by atoms with Crippen molar-refractivity contribution < 1.29 is 0 Å². The Hall–Kier alpha value is -0.560. The average molecular weight is 224 g/mol. The molecular formula is C13H18ClN. The number of rotatable bonds is 0. The molecule has 1 aliphatic carbocycles. The fourth-order valence-electron chi connectivity index (χ4n) is 2.29. The lowest BCUT2D eigenvalue weighted by Gasteiger charge is -2.11. The molecule has 2 rings (SSSR count). The fourth-order valence-corrected chi connectivity index (χ4v) is 2.47. The summed E-state index contributed by atoms with van der Waals surface area (Å²) in [4.78, 5) is 4.18. The van der Waals surface area contributed by atoms with Crippen molar-refractivity contribution in [1.82, 2.24) is 4.98 Å². The van der Waals surface area contributed by atoms with Crippen LogP contribution < -0.4 is 0 Å². The van der Waals surface area contributed by atoms with Crippen molar-refractivity contribution in [3.8, 4) is 0 Å². The Kier molecular flexibility index (Phi) is 4.01. The van der Waals surface area contributed by atoms with Crippen molar-refractivity contribution in [3.63, 3.8) is 0 Å². The highest BCUT2D eigenvalue weighted by atomic mass is 35.5. The second-order valence-corrected chi connectivity index (χ2v) is 4.78. The molecule has 0 N–H and O–H groups in total. The molecule has 0 aromatic carbocycles. The Balaban J connectivity index is 2.15. The molecule has 1 aromatic rings. The minimum absolute atomic E-state index is 0.644. The Labute approximate surface area is 96.9 Å². The molecule has 1 aliphatic rings. The number of aromatic nitrogens is 1. The molecule has 0 spiro atoms. The van der Waals surface area contributed by atoms with Crippen LogP contribution >= 0.6 is 11.6 Å². The Morgan fingerprint density at radius 3 is 2.20 bits per heavy atom. The van der Waals surface area contributed by atoms with Crippen LogP contribution in [0.3, 0.4) is 0 Å². The van der Waals surface area contributed by atoms with Gasteiger partial charge in [0.1, 0.15) is 5.15 Å². The molecule has 1 aromatic heterocycles. The molecule has 0 bridgehead atoms. The molecule has 1 heterocycles. The molecule has 0 unspecified atom stereocenters. The van der Waals surface area contributed by atoms with Crippen LogP contribution in [0.15, 0.2) is 12.3 Å². The summed E-state index contributed by atoms with van der Waals surface area (Å²) in [5.41, 5.74) is 2.85. The highest BCUT2D eigenvalue weighted by Crippen LogP contribution is 2.20. The van der Waals surface area contributed by atoms with Crippen LogP contribution in [0.1, 0.15) is 49.7 Å². The van der Waals surface area contributed by atoms with Crippen LogP contribution in [0.4, 0.5) is 0 Å². The summed E-state index contributed by atoms with van der Waals surface area (Å²) in [7, 11) is 0. The third-order valence-corrected chi connectivity index (χ3v) is 3.40. The van der Waals surface area contributed by atoms with Crippen LogP contribution in [-0.2, 0) is 12.8 Å². The highest BCUT2D eigenvalue weighted by molar-refractivity contribution is 6.29. The van der Waals surface area contributed by atoms with Gasteiger partial charge in [0.15, 0.2) is 0 Å². The summed E-state index contributed by atoms with van der Waals surface area (Å²) >= 11 is 5.93. The van der Waals surface area contributed by atoms with Gasteiger partial charge in [-0.2, -0.15) is 0 Å². The molecule has 1 nitrogen and oxygen atoms in total. The minimum atomic E-state index is 0.644. The SMILES string of the molecule is Clc1cc2c(cn1)CCCCCCCC2. The largest absolute Gasteiger partial charge is 0.244 e. The molecule has 0 amide bonds. The van der Waals surface area contributed by atoms with E-state index in [0.29, 0.717) is 5.15 Å². The fraction of sp³-hybridized carbons (Fsp3) is 0.615. The predicted molar refractivity (Wildman–Crippen MR) is 64.4 cm³/mol. The first-order valence-corrected chi connectivity index (χ1v) is 6.37. The zero-order valence-corrected chi connectivity index (χ0v) is 9.89. The molecule has 15 heavy (non-hydrogen) atoms. The standard InChI is InChI=1S/C13H18ClN/c14-13-9-11-7-5-3-1-2-4-6-8-12(11)10-15-13/h9-10H,1-8H2. The van der Waals surface area contributed by atoms with Gasteiger partial charge < -0.3 is 0 Å². The number of fused-ring (bicyclic) bond motifs is 1. The van der Waals surface area contributed by atoms with Gasteiger partial charge in [-0.15, -0.1) is 0 Å². The third-order valence-electron chi connectivity index (χ3n) is 3.19. The normalized spacial score (nSPS) is 18.2. The number of pyridine rings is 1. The van der Waals surface area contributed by atoms with Crippen LogP contribution in [0, 0.1) is 0 Å². The molecule has 0 aliphatic heterocycles. The van der Waals surface area contributed by atoms with Gasteiger partial charge >= 0.3 is 0 Å². The maximum Gasteiger partial charge on any atom is 0.129 e. The van der Waals surface area contributed by atoms with E-state index in [9.17, 15) is 0 Å². The molecule has 0 fully saturated rings. The van der Waals surface area contributed by atoms with Gasteiger partial charge in [-0.25, -0.2) is 4.98 Å². The number of aryl methyl sites for hydroxylation is 2. The minimum Gasteiger partial charge on any atom is -0.244 e. The zero-order chi connectivity index (χ0) is 10.5. The van der Waals surface area contributed by atoms with E-state index in [-0.39, 0.29) is 0 Å². The van der Waals surface area contributed by atoms with Crippen LogP contribution in [0.2, 0.25) is 5.15 Å². The summed E-state index contributed by atoms with van der Waals surface area (Å²) in [6.07, 6.45) is 12.5. The predicted octanol–water partition coefficient (Wildman–Crippen LogP) is 4.17. The van der Waals surface area contributed by atoms with E-state index in [0.717, 1.165) is 0 Å². The van der Waals surface area contributed by atoms with Crippen molar-refractivity contribution >= 4 is 11.6 Å². The van der Waals surface area contributed by atoms with Crippen molar-refractivity contribution in [3.05, 3.63) is 28.5 Å². The van der Waals surface area contributed by atoms with E-state index in [4.69, 9.17) is 11.6 Å². The quantitative estimate of drug-likeness (QED) is 0.602. The molecule has 82 valence electrons. The van der Waals surface area contributed by atoms with Gasteiger partial charge in [0, 0.05) is 6.20 Å². The summed E-state index contributed by atoms with van der Waals surface area (Å²) in [5, 5.41) is 0.644. The van der Waals surface area contributed by atoms with E-state index >= 15 is 0 Å². The van der Waals surface area contributed by atoms with Gasteiger partial charge in [-0.3, -0.25) is 0 Å². The maximum absolute atomic E-state index is 5.93. The first-order chi connectivity index (χ1) is 7.36. The third kappa shape index (κ3) is 3.20. The molecular weight excluding hydrogens is 206 g/mol. The van der Waals surface area contributed by atoms with Gasteiger partial charge in [0.05, 0.1) is 0 Å². The summed E-state index contributed by atoms with van der Waals surface area (Å²) in [6.45, 7) is 0. The van der Waals surface area contributed by atoms with Crippen molar-refractivity contribution in [2.75, 3.05) is 0 Å². The maximum atomic E-state index is 5.93. The van der Waals surface area contributed by atoms with E-state index in [1.165, 1.54) is 62.5 Å².